The summed E-state index contributed by atoms with van der Waals surface area (Å²) in [4.78, 5) is 32.5. The van der Waals surface area contributed by atoms with Crippen LogP contribution in [-0.4, -0.2) is 43.1 Å². The number of carbonyl (C=O) groups is 1. The van der Waals surface area contributed by atoms with Gasteiger partial charge in [0.1, 0.15) is 22.7 Å². The Morgan fingerprint density at radius 1 is 1.17 bits per heavy atom. The molecule has 0 radical (unpaired) electrons. The maximum atomic E-state index is 13.5. The molecule has 1 unspecified atom stereocenters. The molecule has 188 valence electrons. The number of pyridine rings is 1. The first-order valence-electron chi connectivity index (χ1n) is 11.5. The van der Waals surface area contributed by atoms with E-state index in [1.54, 1.807) is 40.2 Å². The van der Waals surface area contributed by atoms with Crippen molar-refractivity contribution in [2.45, 2.75) is 52.1 Å². The second-order valence-electron chi connectivity index (χ2n) is 9.81. The number of fused-ring (bicyclic) bond motifs is 2. The van der Waals surface area contributed by atoms with E-state index in [0.29, 0.717) is 22.6 Å². The third-order valence-corrected chi connectivity index (χ3v) is 6.49. The van der Waals surface area contributed by atoms with Crippen molar-refractivity contribution in [2.75, 3.05) is 6.54 Å². The van der Waals surface area contributed by atoms with Crippen LogP contribution >= 0.6 is 0 Å². The third-order valence-electron chi connectivity index (χ3n) is 6.49. The Bertz CT molecular complexity index is 1470. The van der Waals surface area contributed by atoms with Crippen molar-refractivity contribution < 1.29 is 22.7 Å². The number of rotatable bonds is 3. The Hall–Kier alpha value is -3.82. The number of alkyl halides is 3. The molecule has 5 rings (SSSR count). The standard InChI is InChI=1S/C26H25F3N4O3/c1-15-11-31(14-30-15)20-6-7-21-24(35)32(16(2)12-33(21)23(20)34)13-17-10-25(3,4)36-22-8-5-18(9-19(17)22)26(27,28)29/h5-11,14,16H,12-13H2,1-4H3. The van der Waals surface area contributed by atoms with Gasteiger partial charge in [-0.25, -0.2) is 4.98 Å². The number of hydrogen-bond donors (Lipinski definition) is 0. The van der Waals surface area contributed by atoms with E-state index < -0.39 is 17.3 Å². The van der Waals surface area contributed by atoms with E-state index in [4.69, 9.17) is 4.74 Å². The number of aryl methyl sites for hydroxylation is 1. The lowest BCUT2D eigenvalue weighted by Gasteiger charge is -2.38. The molecule has 7 nitrogen and oxygen atoms in total. The van der Waals surface area contributed by atoms with Gasteiger partial charge in [0, 0.05) is 30.9 Å². The average Bonchev–Trinajstić information content (AvgIpc) is 3.21. The Labute approximate surface area is 205 Å². The van der Waals surface area contributed by atoms with Gasteiger partial charge in [-0.05, 0) is 69.7 Å². The number of nitrogens with zero attached hydrogens (tertiary/aromatic N) is 4. The summed E-state index contributed by atoms with van der Waals surface area (Å²) in [6.45, 7) is 7.59. The summed E-state index contributed by atoms with van der Waals surface area (Å²) >= 11 is 0. The molecular weight excluding hydrogens is 473 g/mol. The van der Waals surface area contributed by atoms with Gasteiger partial charge in [-0.3, -0.25) is 9.59 Å². The summed E-state index contributed by atoms with van der Waals surface area (Å²) < 4.78 is 49.2. The minimum atomic E-state index is -4.51. The quantitative estimate of drug-likeness (QED) is 0.535. The van der Waals surface area contributed by atoms with Crippen LogP contribution in [0.4, 0.5) is 13.2 Å². The monoisotopic (exact) mass is 498 g/mol. The Balaban J connectivity index is 1.51. The van der Waals surface area contributed by atoms with Crippen LogP contribution in [0.2, 0.25) is 0 Å². The van der Waals surface area contributed by atoms with Gasteiger partial charge >= 0.3 is 6.18 Å². The molecule has 1 atom stereocenters. The first-order chi connectivity index (χ1) is 16.8. The van der Waals surface area contributed by atoms with Crippen molar-refractivity contribution in [3.05, 3.63) is 81.8 Å². The van der Waals surface area contributed by atoms with Gasteiger partial charge < -0.3 is 18.8 Å². The second-order valence-corrected chi connectivity index (χ2v) is 9.81. The maximum Gasteiger partial charge on any atom is 0.416 e. The number of benzene rings is 1. The fourth-order valence-corrected chi connectivity index (χ4v) is 4.79. The van der Waals surface area contributed by atoms with Gasteiger partial charge in [0.2, 0.25) is 0 Å². The highest BCUT2D eigenvalue weighted by Crippen LogP contribution is 2.40. The maximum absolute atomic E-state index is 13.5. The molecule has 2 aromatic heterocycles. The number of aromatic nitrogens is 3. The molecular formula is C26H25F3N4O3. The predicted octanol–water partition coefficient (Wildman–Crippen LogP) is 4.46. The number of amides is 1. The number of halogens is 3. The highest BCUT2D eigenvalue weighted by Gasteiger charge is 2.37. The molecule has 2 aliphatic heterocycles. The minimum absolute atomic E-state index is 0.0811. The lowest BCUT2D eigenvalue weighted by molar-refractivity contribution is -0.137. The molecule has 0 aliphatic carbocycles. The topological polar surface area (TPSA) is 69.4 Å². The Morgan fingerprint density at radius 2 is 1.92 bits per heavy atom. The van der Waals surface area contributed by atoms with Gasteiger partial charge in [-0.1, -0.05) is 0 Å². The number of carbonyl (C=O) groups excluding carboxylic acids is 1. The molecule has 0 bridgehead atoms. The number of imidazole rings is 1. The highest BCUT2D eigenvalue weighted by atomic mass is 19.4. The van der Waals surface area contributed by atoms with E-state index in [-0.39, 0.29) is 36.3 Å². The summed E-state index contributed by atoms with van der Waals surface area (Å²) in [5, 5.41) is 0. The normalized spacial score (nSPS) is 18.9. The van der Waals surface area contributed by atoms with Crippen LogP contribution in [-0.2, 0) is 12.7 Å². The molecule has 36 heavy (non-hydrogen) atoms. The fourth-order valence-electron chi connectivity index (χ4n) is 4.79. The summed E-state index contributed by atoms with van der Waals surface area (Å²) in [5.41, 5.74) is 0.381. The van der Waals surface area contributed by atoms with Gasteiger partial charge in [0.05, 0.1) is 17.6 Å². The second kappa shape index (κ2) is 8.11. The molecule has 0 N–H and O–H groups in total. The summed E-state index contributed by atoms with van der Waals surface area (Å²) in [6.07, 6.45) is 0.524. The minimum Gasteiger partial charge on any atom is -0.483 e. The fraction of sp³-hybridized carbons (Fsp3) is 0.346. The zero-order chi connectivity index (χ0) is 26.0. The Morgan fingerprint density at radius 3 is 2.58 bits per heavy atom. The molecule has 3 aromatic rings. The van der Waals surface area contributed by atoms with Gasteiger partial charge in [-0.2, -0.15) is 13.2 Å². The first kappa shape index (κ1) is 23.9. The molecule has 0 saturated carbocycles. The molecule has 1 amide bonds. The van der Waals surface area contributed by atoms with E-state index in [9.17, 15) is 22.8 Å². The third kappa shape index (κ3) is 4.10. The van der Waals surface area contributed by atoms with Gasteiger partial charge in [0.25, 0.3) is 11.5 Å². The van der Waals surface area contributed by atoms with Crippen LogP contribution in [0.25, 0.3) is 11.3 Å². The number of ether oxygens (including phenoxy) is 1. The van der Waals surface area contributed by atoms with Gasteiger partial charge in [-0.15, -0.1) is 0 Å². The van der Waals surface area contributed by atoms with Crippen molar-refractivity contribution in [1.29, 1.82) is 0 Å². The van der Waals surface area contributed by atoms with Crippen LogP contribution < -0.4 is 10.3 Å². The van der Waals surface area contributed by atoms with Crippen LogP contribution in [0.15, 0.2) is 53.7 Å². The van der Waals surface area contributed by atoms with E-state index in [2.05, 4.69) is 4.98 Å². The van der Waals surface area contributed by atoms with Crippen molar-refractivity contribution in [1.82, 2.24) is 19.0 Å². The molecule has 2 aliphatic rings. The van der Waals surface area contributed by atoms with E-state index in [1.807, 2.05) is 27.7 Å². The molecule has 4 heterocycles. The SMILES string of the molecule is Cc1cn(-c2ccc3n(c2=O)CC(C)N(CC2=CC(C)(C)Oc4ccc(C(F)(F)F)cc42)C3=O)cn1. The van der Waals surface area contributed by atoms with Crippen LogP contribution in [0.1, 0.15) is 48.1 Å². The molecule has 0 spiro atoms. The van der Waals surface area contributed by atoms with Crippen LogP contribution in [0.3, 0.4) is 0 Å². The van der Waals surface area contributed by atoms with Crippen LogP contribution in [0, 0.1) is 6.92 Å². The smallest absolute Gasteiger partial charge is 0.416 e. The van der Waals surface area contributed by atoms with Crippen molar-refractivity contribution >= 4 is 11.5 Å². The predicted molar refractivity (Wildman–Crippen MR) is 127 cm³/mol. The van der Waals surface area contributed by atoms with Crippen molar-refractivity contribution in [3.63, 3.8) is 0 Å². The van der Waals surface area contributed by atoms with E-state index in [1.165, 1.54) is 10.6 Å². The van der Waals surface area contributed by atoms with Crippen LogP contribution in [0.5, 0.6) is 5.75 Å². The van der Waals surface area contributed by atoms with Crippen molar-refractivity contribution in [2.24, 2.45) is 0 Å². The highest BCUT2D eigenvalue weighted by molar-refractivity contribution is 5.95. The molecule has 1 aromatic carbocycles. The zero-order valence-electron chi connectivity index (χ0n) is 20.3. The lowest BCUT2D eigenvalue weighted by Crippen LogP contribution is -2.50. The van der Waals surface area contributed by atoms with E-state index >= 15 is 0 Å². The Kier molecular flexibility index (Phi) is 5.38. The lowest BCUT2D eigenvalue weighted by atomic mass is 9.92. The zero-order valence-corrected chi connectivity index (χ0v) is 20.3. The van der Waals surface area contributed by atoms with Gasteiger partial charge in [0.15, 0.2) is 0 Å². The average molecular weight is 499 g/mol. The van der Waals surface area contributed by atoms with E-state index in [0.717, 1.165) is 17.8 Å². The number of hydrogen-bond acceptors (Lipinski definition) is 4. The summed E-state index contributed by atoms with van der Waals surface area (Å²) in [7, 11) is 0. The summed E-state index contributed by atoms with van der Waals surface area (Å²) in [6, 6.07) is 6.20. The largest absolute Gasteiger partial charge is 0.483 e. The molecule has 0 saturated heterocycles. The first-order valence-corrected chi connectivity index (χ1v) is 11.5. The molecule has 10 heteroatoms. The summed E-state index contributed by atoms with van der Waals surface area (Å²) in [5.74, 6) is -0.0302. The van der Waals surface area contributed by atoms with Crippen molar-refractivity contribution in [3.8, 4) is 11.4 Å². The molecule has 0 fully saturated rings.